The Balaban J connectivity index is 1.46. The van der Waals surface area contributed by atoms with Gasteiger partial charge in [0.2, 0.25) is 0 Å². The van der Waals surface area contributed by atoms with E-state index in [4.69, 9.17) is 14.2 Å². The third-order valence-corrected chi connectivity index (χ3v) is 5.72. The molecule has 0 amide bonds. The van der Waals surface area contributed by atoms with E-state index in [1.54, 1.807) is 19.4 Å². The van der Waals surface area contributed by atoms with E-state index < -0.39 is 0 Å². The van der Waals surface area contributed by atoms with Gasteiger partial charge in [-0.15, -0.1) is 0 Å². The van der Waals surface area contributed by atoms with Crippen LogP contribution >= 0.6 is 0 Å². The standard InChI is InChI=1S/C16H18N2O3Se/c1-19-14-9-10-17-16(18-14)20-11-12-7-8-15(21-12)22-13-5-3-2-4-6-13/h2-6,9-10,12,15H,7-8,11H2,1H3/t12-,15+/m0/s1. The fourth-order valence-electron chi connectivity index (χ4n) is 2.21. The summed E-state index contributed by atoms with van der Waals surface area (Å²) in [5.74, 6) is 0.502. The van der Waals surface area contributed by atoms with E-state index in [0.717, 1.165) is 12.8 Å². The van der Waals surface area contributed by atoms with Gasteiger partial charge in [0.25, 0.3) is 0 Å². The van der Waals surface area contributed by atoms with Crippen molar-refractivity contribution in [3.63, 3.8) is 0 Å². The molecule has 0 aliphatic carbocycles. The van der Waals surface area contributed by atoms with Gasteiger partial charge in [-0.25, -0.2) is 0 Å². The summed E-state index contributed by atoms with van der Waals surface area (Å²) in [6, 6.07) is 12.5. The van der Waals surface area contributed by atoms with Crippen LogP contribution in [0.1, 0.15) is 12.8 Å². The third kappa shape index (κ3) is 4.19. The maximum absolute atomic E-state index is 6.06. The minimum absolute atomic E-state index is 0.116. The van der Waals surface area contributed by atoms with Gasteiger partial charge in [-0.05, 0) is 0 Å². The molecule has 1 fully saturated rings. The number of ether oxygens (including phenoxy) is 3. The first kappa shape index (κ1) is 15.3. The van der Waals surface area contributed by atoms with E-state index in [1.165, 1.54) is 4.46 Å². The summed E-state index contributed by atoms with van der Waals surface area (Å²) in [5.41, 5.74) is 0. The van der Waals surface area contributed by atoms with Crippen LogP contribution in [0, 0.1) is 0 Å². The van der Waals surface area contributed by atoms with E-state index in [2.05, 4.69) is 34.2 Å². The molecule has 1 aromatic carbocycles. The number of hydrogen-bond acceptors (Lipinski definition) is 5. The Kier molecular flexibility index (Phi) is 5.27. The van der Waals surface area contributed by atoms with Crippen molar-refractivity contribution in [2.75, 3.05) is 13.7 Å². The Morgan fingerprint density at radius 3 is 2.91 bits per heavy atom. The summed E-state index contributed by atoms with van der Waals surface area (Å²) >= 11 is 0.350. The van der Waals surface area contributed by atoms with Crippen LogP contribution in [0.5, 0.6) is 11.9 Å². The number of nitrogens with zero attached hydrogens (tertiary/aromatic N) is 2. The molecule has 1 aromatic heterocycles. The van der Waals surface area contributed by atoms with Crippen LogP contribution in [-0.4, -0.2) is 49.7 Å². The summed E-state index contributed by atoms with van der Waals surface area (Å²) < 4.78 is 18.1. The van der Waals surface area contributed by atoms with E-state index in [9.17, 15) is 0 Å². The average Bonchev–Trinajstić information content (AvgIpc) is 3.01. The van der Waals surface area contributed by atoms with Crippen LogP contribution in [0.15, 0.2) is 42.6 Å². The van der Waals surface area contributed by atoms with Gasteiger partial charge >= 0.3 is 136 Å². The maximum atomic E-state index is 6.06. The summed E-state index contributed by atoms with van der Waals surface area (Å²) in [5, 5.41) is 0.328. The summed E-state index contributed by atoms with van der Waals surface area (Å²) in [6.07, 6.45) is 3.84. The van der Waals surface area contributed by atoms with Gasteiger partial charge in [-0.2, -0.15) is 0 Å². The van der Waals surface area contributed by atoms with Gasteiger partial charge in [-0.1, -0.05) is 0 Å². The van der Waals surface area contributed by atoms with E-state index in [1.807, 2.05) is 6.07 Å². The molecule has 0 spiro atoms. The molecular weight excluding hydrogens is 347 g/mol. The quantitative estimate of drug-likeness (QED) is 0.725. The van der Waals surface area contributed by atoms with Crippen molar-refractivity contribution >= 4 is 19.4 Å². The monoisotopic (exact) mass is 366 g/mol. The molecule has 5 nitrogen and oxygen atoms in total. The molecule has 1 saturated heterocycles. The molecular formula is C16H18N2O3Se. The first-order chi connectivity index (χ1) is 10.8. The Bertz CT molecular complexity index is 597. The van der Waals surface area contributed by atoms with Crippen LogP contribution < -0.4 is 13.9 Å². The fourth-order valence-corrected chi connectivity index (χ4v) is 4.48. The summed E-state index contributed by atoms with van der Waals surface area (Å²) in [6.45, 7) is 0.481. The van der Waals surface area contributed by atoms with Crippen molar-refractivity contribution < 1.29 is 14.2 Å². The molecule has 0 saturated carbocycles. The third-order valence-electron chi connectivity index (χ3n) is 3.29. The van der Waals surface area contributed by atoms with Gasteiger partial charge < -0.3 is 0 Å². The van der Waals surface area contributed by atoms with Crippen LogP contribution in [0.25, 0.3) is 0 Å². The van der Waals surface area contributed by atoms with Crippen molar-refractivity contribution in [1.29, 1.82) is 0 Å². The molecule has 3 rings (SSSR count). The Morgan fingerprint density at radius 2 is 2.09 bits per heavy atom. The van der Waals surface area contributed by atoms with E-state index in [-0.39, 0.29) is 6.10 Å². The first-order valence-electron chi connectivity index (χ1n) is 7.20. The van der Waals surface area contributed by atoms with Crippen molar-refractivity contribution in [2.24, 2.45) is 0 Å². The number of rotatable bonds is 6. The second-order valence-electron chi connectivity index (χ2n) is 4.89. The SMILES string of the molecule is COc1ccnc(OC[C@@H]2CC[C@@H]([Se]c3ccccc3)O2)n1. The Morgan fingerprint density at radius 1 is 1.23 bits per heavy atom. The van der Waals surface area contributed by atoms with Gasteiger partial charge in [0.1, 0.15) is 0 Å². The predicted octanol–water partition coefficient (Wildman–Crippen LogP) is 1.40. The molecule has 116 valence electrons. The zero-order valence-electron chi connectivity index (χ0n) is 12.3. The number of hydrogen-bond donors (Lipinski definition) is 0. The molecule has 1 aliphatic heterocycles. The van der Waals surface area contributed by atoms with Crippen molar-refractivity contribution in [1.82, 2.24) is 9.97 Å². The molecule has 0 radical (unpaired) electrons. The Labute approximate surface area is 136 Å². The molecule has 2 heterocycles. The molecule has 1 aliphatic rings. The molecule has 22 heavy (non-hydrogen) atoms. The normalized spacial score (nSPS) is 20.8. The fraction of sp³-hybridized carbons (Fsp3) is 0.375. The van der Waals surface area contributed by atoms with Gasteiger partial charge in [0.05, 0.1) is 0 Å². The van der Waals surface area contributed by atoms with Gasteiger partial charge in [0.15, 0.2) is 0 Å². The predicted molar refractivity (Wildman–Crippen MR) is 83.8 cm³/mol. The van der Waals surface area contributed by atoms with Crippen LogP contribution in [-0.2, 0) is 4.74 Å². The molecule has 0 unspecified atom stereocenters. The van der Waals surface area contributed by atoms with Crippen LogP contribution in [0.4, 0.5) is 0 Å². The second kappa shape index (κ2) is 7.58. The molecule has 2 aromatic rings. The van der Waals surface area contributed by atoms with Crippen molar-refractivity contribution in [3.8, 4) is 11.9 Å². The van der Waals surface area contributed by atoms with E-state index in [0.29, 0.717) is 38.5 Å². The summed E-state index contributed by atoms with van der Waals surface area (Å²) in [4.78, 5) is 8.20. The summed E-state index contributed by atoms with van der Waals surface area (Å²) in [7, 11) is 1.57. The first-order valence-corrected chi connectivity index (χ1v) is 9.05. The topological polar surface area (TPSA) is 53.5 Å². The number of benzene rings is 1. The average molecular weight is 365 g/mol. The molecule has 6 heteroatoms. The van der Waals surface area contributed by atoms with Gasteiger partial charge in [0, 0.05) is 0 Å². The Hall–Kier alpha value is -1.62. The zero-order chi connectivity index (χ0) is 15.2. The molecule has 2 atom stereocenters. The van der Waals surface area contributed by atoms with Crippen molar-refractivity contribution in [2.45, 2.75) is 23.9 Å². The van der Waals surface area contributed by atoms with Crippen molar-refractivity contribution in [3.05, 3.63) is 42.6 Å². The van der Waals surface area contributed by atoms with Crippen LogP contribution in [0.2, 0.25) is 0 Å². The molecule has 0 N–H and O–H groups in total. The number of aromatic nitrogens is 2. The second-order valence-corrected chi connectivity index (χ2v) is 7.48. The minimum atomic E-state index is 0.116. The van der Waals surface area contributed by atoms with Gasteiger partial charge in [-0.3, -0.25) is 0 Å². The number of methoxy groups -OCH3 is 1. The molecule has 0 bridgehead atoms. The van der Waals surface area contributed by atoms with Crippen LogP contribution in [0.3, 0.4) is 0 Å². The van der Waals surface area contributed by atoms with E-state index >= 15 is 0 Å². The zero-order valence-corrected chi connectivity index (χ0v) is 14.1.